The van der Waals surface area contributed by atoms with Gasteiger partial charge in [0.25, 0.3) is 0 Å². The predicted octanol–water partition coefficient (Wildman–Crippen LogP) is 3.52. The molecule has 0 spiro atoms. The summed E-state index contributed by atoms with van der Waals surface area (Å²) >= 11 is 0. The summed E-state index contributed by atoms with van der Waals surface area (Å²) in [6.07, 6.45) is 5.82. The summed E-state index contributed by atoms with van der Waals surface area (Å²) in [6, 6.07) is 11.2. The van der Waals surface area contributed by atoms with Crippen LogP contribution >= 0.6 is 0 Å². The van der Waals surface area contributed by atoms with Gasteiger partial charge in [-0.3, -0.25) is 0 Å². The monoisotopic (exact) mass is 229 g/mol. The molecule has 0 amide bonds. The first-order chi connectivity index (χ1) is 8.34. The Labute approximate surface area is 105 Å². The molecule has 2 aliphatic rings. The Hall–Kier alpha value is -0.820. The Morgan fingerprint density at radius 3 is 2.59 bits per heavy atom. The molecule has 1 aromatic rings. The van der Waals surface area contributed by atoms with E-state index in [1.54, 1.807) is 5.56 Å². The summed E-state index contributed by atoms with van der Waals surface area (Å²) < 4.78 is 0. The minimum atomic E-state index is 0.778. The molecule has 0 bridgehead atoms. The van der Waals surface area contributed by atoms with Crippen LogP contribution in [0.5, 0.6) is 0 Å². The molecule has 0 N–H and O–H groups in total. The van der Waals surface area contributed by atoms with Gasteiger partial charge in [-0.05, 0) is 43.2 Å². The third-order valence-corrected chi connectivity index (χ3v) is 4.77. The van der Waals surface area contributed by atoms with Gasteiger partial charge in [0, 0.05) is 13.1 Å². The largest absolute Gasteiger partial charge is 0.305 e. The maximum Gasteiger partial charge on any atom is 0.00501 e. The molecule has 3 atom stereocenters. The van der Waals surface area contributed by atoms with Gasteiger partial charge >= 0.3 is 0 Å². The second-order valence-electron chi connectivity index (χ2n) is 5.95. The van der Waals surface area contributed by atoms with Gasteiger partial charge in [0.2, 0.25) is 0 Å². The number of benzene rings is 1. The summed E-state index contributed by atoms with van der Waals surface area (Å²) in [5.74, 6) is 2.68. The summed E-state index contributed by atoms with van der Waals surface area (Å²) in [4.78, 5) is 2.55. The van der Waals surface area contributed by atoms with Crippen LogP contribution in [-0.2, 0) is 0 Å². The summed E-state index contributed by atoms with van der Waals surface area (Å²) in [6.45, 7) is 2.58. The van der Waals surface area contributed by atoms with E-state index < -0.39 is 0 Å². The molecule has 1 heterocycles. The van der Waals surface area contributed by atoms with Gasteiger partial charge in [-0.2, -0.15) is 0 Å². The van der Waals surface area contributed by atoms with Crippen LogP contribution in [0, 0.1) is 11.8 Å². The van der Waals surface area contributed by atoms with E-state index in [0.29, 0.717) is 0 Å². The average molecular weight is 229 g/mol. The number of piperidine rings is 1. The van der Waals surface area contributed by atoms with Crippen LogP contribution in [0.4, 0.5) is 0 Å². The average Bonchev–Trinajstić information content (AvgIpc) is 2.39. The van der Waals surface area contributed by atoms with Crippen molar-refractivity contribution in [2.75, 3.05) is 20.1 Å². The Morgan fingerprint density at radius 2 is 1.76 bits per heavy atom. The molecule has 0 aromatic heterocycles. The predicted molar refractivity (Wildman–Crippen MR) is 72.1 cm³/mol. The van der Waals surface area contributed by atoms with Gasteiger partial charge in [0.15, 0.2) is 0 Å². The fraction of sp³-hybridized carbons (Fsp3) is 0.625. The molecule has 3 unspecified atom stereocenters. The van der Waals surface area contributed by atoms with Crippen molar-refractivity contribution >= 4 is 0 Å². The third kappa shape index (κ3) is 2.26. The Kier molecular flexibility index (Phi) is 3.19. The fourth-order valence-corrected chi connectivity index (χ4v) is 3.99. The fourth-order valence-electron chi connectivity index (χ4n) is 3.99. The molecule has 1 aromatic carbocycles. The Morgan fingerprint density at radius 1 is 1.00 bits per heavy atom. The van der Waals surface area contributed by atoms with Crippen molar-refractivity contribution in [3.63, 3.8) is 0 Å². The van der Waals surface area contributed by atoms with Gasteiger partial charge < -0.3 is 4.90 Å². The molecule has 92 valence electrons. The zero-order valence-electron chi connectivity index (χ0n) is 10.8. The lowest BCUT2D eigenvalue weighted by atomic mass is 9.68. The van der Waals surface area contributed by atoms with E-state index in [0.717, 1.165) is 17.8 Å². The van der Waals surface area contributed by atoms with Gasteiger partial charge in [-0.25, -0.2) is 0 Å². The van der Waals surface area contributed by atoms with E-state index in [2.05, 4.69) is 42.3 Å². The first-order valence-electron chi connectivity index (χ1n) is 7.08. The standard InChI is InChI=1S/C16H23N/c1-17-11-14-9-5-6-10-15(14)16(12-17)13-7-3-2-4-8-13/h2-4,7-8,14-16H,5-6,9-12H2,1H3. The van der Waals surface area contributed by atoms with Crippen molar-refractivity contribution in [2.45, 2.75) is 31.6 Å². The van der Waals surface area contributed by atoms with Crippen molar-refractivity contribution in [3.8, 4) is 0 Å². The first kappa shape index (κ1) is 11.3. The third-order valence-electron chi connectivity index (χ3n) is 4.77. The highest BCUT2D eigenvalue weighted by Crippen LogP contribution is 2.43. The molecule has 1 aliphatic carbocycles. The Bertz CT molecular complexity index is 359. The van der Waals surface area contributed by atoms with Crippen LogP contribution in [0.25, 0.3) is 0 Å². The summed E-state index contributed by atoms with van der Waals surface area (Å²) in [5, 5.41) is 0. The van der Waals surface area contributed by atoms with Crippen LogP contribution in [0.3, 0.4) is 0 Å². The molecule has 1 aliphatic heterocycles. The van der Waals surface area contributed by atoms with Crippen molar-refractivity contribution in [1.82, 2.24) is 4.90 Å². The zero-order valence-corrected chi connectivity index (χ0v) is 10.8. The highest BCUT2D eigenvalue weighted by atomic mass is 15.1. The Balaban J connectivity index is 1.86. The molecular weight excluding hydrogens is 206 g/mol. The lowest BCUT2D eigenvalue weighted by molar-refractivity contribution is 0.0820. The van der Waals surface area contributed by atoms with E-state index in [1.807, 2.05) is 0 Å². The van der Waals surface area contributed by atoms with Crippen molar-refractivity contribution < 1.29 is 0 Å². The van der Waals surface area contributed by atoms with Crippen molar-refractivity contribution in [2.24, 2.45) is 11.8 Å². The van der Waals surface area contributed by atoms with Crippen LogP contribution < -0.4 is 0 Å². The molecule has 1 saturated carbocycles. The quantitative estimate of drug-likeness (QED) is 0.712. The minimum Gasteiger partial charge on any atom is -0.305 e. The molecule has 3 rings (SSSR count). The zero-order chi connectivity index (χ0) is 11.7. The second kappa shape index (κ2) is 4.81. The molecule has 17 heavy (non-hydrogen) atoms. The molecule has 1 heteroatoms. The summed E-state index contributed by atoms with van der Waals surface area (Å²) in [5.41, 5.74) is 1.57. The van der Waals surface area contributed by atoms with E-state index in [9.17, 15) is 0 Å². The normalized spacial score (nSPS) is 34.3. The van der Waals surface area contributed by atoms with Gasteiger partial charge in [0.05, 0.1) is 0 Å². The number of hydrogen-bond acceptors (Lipinski definition) is 1. The van der Waals surface area contributed by atoms with Crippen LogP contribution in [-0.4, -0.2) is 25.0 Å². The van der Waals surface area contributed by atoms with Gasteiger partial charge in [-0.15, -0.1) is 0 Å². The number of nitrogens with zero attached hydrogens (tertiary/aromatic N) is 1. The smallest absolute Gasteiger partial charge is 0.00501 e. The maximum absolute atomic E-state index is 2.55. The number of hydrogen-bond donors (Lipinski definition) is 0. The number of likely N-dealkylation sites (tertiary alicyclic amines) is 1. The number of likely N-dealkylation sites (N-methyl/N-ethyl adjacent to an activating group) is 1. The second-order valence-corrected chi connectivity index (χ2v) is 5.95. The van der Waals surface area contributed by atoms with E-state index in [-0.39, 0.29) is 0 Å². The molecule has 0 radical (unpaired) electrons. The van der Waals surface area contributed by atoms with E-state index in [4.69, 9.17) is 0 Å². The first-order valence-corrected chi connectivity index (χ1v) is 7.08. The molecule has 1 saturated heterocycles. The topological polar surface area (TPSA) is 3.24 Å². The van der Waals surface area contributed by atoms with Crippen LogP contribution in [0.15, 0.2) is 30.3 Å². The van der Waals surface area contributed by atoms with Gasteiger partial charge in [-0.1, -0.05) is 43.2 Å². The minimum absolute atomic E-state index is 0.778. The van der Waals surface area contributed by atoms with E-state index >= 15 is 0 Å². The van der Waals surface area contributed by atoms with E-state index in [1.165, 1.54) is 38.8 Å². The number of rotatable bonds is 1. The van der Waals surface area contributed by atoms with Crippen molar-refractivity contribution in [1.29, 1.82) is 0 Å². The SMILES string of the molecule is CN1CC2CCCCC2C(c2ccccc2)C1. The van der Waals surface area contributed by atoms with Crippen molar-refractivity contribution in [3.05, 3.63) is 35.9 Å². The number of fused-ring (bicyclic) bond motifs is 1. The highest BCUT2D eigenvalue weighted by molar-refractivity contribution is 5.22. The molecule has 1 nitrogen and oxygen atoms in total. The lowest BCUT2D eigenvalue weighted by Crippen LogP contribution is -2.44. The molecular formula is C16H23N. The lowest BCUT2D eigenvalue weighted by Gasteiger charge is -2.45. The maximum atomic E-state index is 2.55. The highest BCUT2D eigenvalue weighted by Gasteiger charge is 2.37. The van der Waals surface area contributed by atoms with Gasteiger partial charge in [0.1, 0.15) is 0 Å². The molecule has 2 fully saturated rings. The summed E-state index contributed by atoms with van der Waals surface area (Å²) in [7, 11) is 2.29. The van der Waals surface area contributed by atoms with Crippen LogP contribution in [0.1, 0.15) is 37.2 Å². The van der Waals surface area contributed by atoms with Crippen LogP contribution in [0.2, 0.25) is 0 Å².